The van der Waals surface area contributed by atoms with E-state index in [1.165, 1.54) is 0 Å². The van der Waals surface area contributed by atoms with Crippen LogP contribution in [-0.4, -0.2) is 22.4 Å². The van der Waals surface area contributed by atoms with E-state index in [0.29, 0.717) is 0 Å². The third kappa shape index (κ3) is 1.02. The topological polar surface area (TPSA) is 32.8 Å². The Morgan fingerprint density at radius 1 is 1.58 bits per heavy atom. The zero-order valence-electron chi connectivity index (χ0n) is 7.76. The summed E-state index contributed by atoms with van der Waals surface area (Å²) in [5, 5.41) is 10.1. The van der Waals surface area contributed by atoms with Crippen LogP contribution in [0.2, 0.25) is 0 Å². The molecule has 0 unspecified atom stereocenters. The molecule has 0 spiro atoms. The molecule has 1 saturated heterocycles. The normalized spacial score (nSPS) is 51.4. The SMILES string of the molecule is C=C(C)[C@]1(O)CC[C@]2(C)O[C@@H]2C1. The van der Waals surface area contributed by atoms with Gasteiger partial charge in [0.1, 0.15) is 0 Å². The van der Waals surface area contributed by atoms with E-state index in [4.69, 9.17) is 4.74 Å². The molecule has 3 atom stereocenters. The molecule has 0 radical (unpaired) electrons. The predicted octanol–water partition coefficient (Wildman–Crippen LogP) is 1.64. The van der Waals surface area contributed by atoms with E-state index in [9.17, 15) is 5.11 Å². The molecule has 1 aliphatic carbocycles. The molecule has 2 heteroatoms. The molecule has 2 aliphatic rings. The minimum absolute atomic E-state index is 0.0850. The van der Waals surface area contributed by atoms with Gasteiger partial charge in [0.25, 0.3) is 0 Å². The van der Waals surface area contributed by atoms with Crippen molar-refractivity contribution in [3.63, 3.8) is 0 Å². The van der Waals surface area contributed by atoms with Crippen LogP contribution in [0.4, 0.5) is 0 Å². The monoisotopic (exact) mass is 168 g/mol. The van der Waals surface area contributed by atoms with E-state index >= 15 is 0 Å². The van der Waals surface area contributed by atoms with Crippen molar-refractivity contribution < 1.29 is 9.84 Å². The molecule has 68 valence electrons. The van der Waals surface area contributed by atoms with Crippen LogP contribution in [0, 0.1) is 0 Å². The number of epoxide rings is 1. The van der Waals surface area contributed by atoms with Crippen LogP contribution in [0.3, 0.4) is 0 Å². The van der Waals surface area contributed by atoms with Crippen molar-refractivity contribution in [2.45, 2.75) is 50.4 Å². The van der Waals surface area contributed by atoms with Gasteiger partial charge in [-0.05, 0) is 32.3 Å². The minimum atomic E-state index is -0.652. The lowest BCUT2D eigenvalue weighted by molar-refractivity contribution is 0.0422. The van der Waals surface area contributed by atoms with Crippen molar-refractivity contribution in [3.8, 4) is 0 Å². The van der Waals surface area contributed by atoms with Crippen LogP contribution >= 0.6 is 0 Å². The lowest BCUT2D eigenvalue weighted by atomic mass is 9.76. The molecule has 0 aromatic carbocycles. The van der Waals surface area contributed by atoms with Crippen molar-refractivity contribution in [2.75, 3.05) is 0 Å². The lowest BCUT2D eigenvalue weighted by Gasteiger charge is -2.32. The molecule has 0 aromatic rings. The number of fused-ring (bicyclic) bond motifs is 1. The fourth-order valence-corrected chi connectivity index (χ4v) is 2.02. The number of hydrogen-bond acceptors (Lipinski definition) is 2. The number of ether oxygens (including phenoxy) is 1. The highest BCUT2D eigenvalue weighted by Gasteiger charge is 2.59. The van der Waals surface area contributed by atoms with Crippen LogP contribution in [0.5, 0.6) is 0 Å². The zero-order valence-corrected chi connectivity index (χ0v) is 7.76. The molecule has 1 aliphatic heterocycles. The van der Waals surface area contributed by atoms with Gasteiger partial charge in [-0.15, -0.1) is 0 Å². The van der Waals surface area contributed by atoms with Gasteiger partial charge in [-0.1, -0.05) is 6.58 Å². The molecule has 12 heavy (non-hydrogen) atoms. The van der Waals surface area contributed by atoms with Gasteiger partial charge in [-0.2, -0.15) is 0 Å². The number of rotatable bonds is 1. The first kappa shape index (κ1) is 8.27. The first-order valence-electron chi connectivity index (χ1n) is 4.52. The summed E-state index contributed by atoms with van der Waals surface area (Å²) in [7, 11) is 0. The summed E-state index contributed by atoms with van der Waals surface area (Å²) in [6.07, 6.45) is 2.77. The van der Waals surface area contributed by atoms with E-state index in [-0.39, 0.29) is 11.7 Å². The Hall–Kier alpha value is -0.340. The van der Waals surface area contributed by atoms with E-state index in [2.05, 4.69) is 13.5 Å². The van der Waals surface area contributed by atoms with Crippen LogP contribution in [-0.2, 0) is 4.74 Å². The van der Waals surface area contributed by atoms with E-state index in [1.807, 2.05) is 6.92 Å². The average Bonchev–Trinajstić information content (AvgIpc) is 2.60. The van der Waals surface area contributed by atoms with Crippen LogP contribution in [0.15, 0.2) is 12.2 Å². The zero-order chi connectivity index (χ0) is 8.98. The Morgan fingerprint density at radius 3 is 2.75 bits per heavy atom. The fraction of sp³-hybridized carbons (Fsp3) is 0.800. The third-order valence-corrected chi connectivity index (χ3v) is 3.39. The average molecular weight is 168 g/mol. The Kier molecular flexibility index (Phi) is 1.46. The molecule has 1 saturated carbocycles. The van der Waals surface area contributed by atoms with Crippen LogP contribution in [0.1, 0.15) is 33.1 Å². The molecule has 2 rings (SSSR count). The van der Waals surface area contributed by atoms with E-state index < -0.39 is 5.60 Å². The smallest absolute Gasteiger partial charge is 0.0922 e. The molecule has 2 nitrogen and oxygen atoms in total. The Bertz CT molecular complexity index is 236. The maximum Gasteiger partial charge on any atom is 0.0922 e. The molecular weight excluding hydrogens is 152 g/mol. The third-order valence-electron chi connectivity index (χ3n) is 3.39. The quantitative estimate of drug-likeness (QED) is 0.477. The summed E-state index contributed by atoms with van der Waals surface area (Å²) in [5.41, 5.74) is 0.308. The second-order valence-electron chi connectivity index (χ2n) is 4.44. The van der Waals surface area contributed by atoms with Crippen molar-refractivity contribution in [1.29, 1.82) is 0 Å². The highest BCUT2D eigenvalue weighted by molar-refractivity contribution is 5.18. The van der Waals surface area contributed by atoms with Crippen molar-refractivity contribution in [1.82, 2.24) is 0 Å². The first-order valence-corrected chi connectivity index (χ1v) is 4.52. The maximum atomic E-state index is 10.1. The molecule has 2 fully saturated rings. The van der Waals surface area contributed by atoms with E-state index in [1.54, 1.807) is 0 Å². The summed E-state index contributed by atoms with van der Waals surface area (Å²) >= 11 is 0. The molecule has 1 N–H and O–H groups in total. The van der Waals surface area contributed by atoms with Crippen LogP contribution in [0.25, 0.3) is 0 Å². The maximum absolute atomic E-state index is 10.1. The Labute approximate surface area is 73.2 Å². The summed E-state index contributed by atoms with van der Waals surface area (Å²) in [6, 6.07) is 0. The molecule has 0 amide bonds. The summed E-state index contributed by atoms with van der Waals surface area (Å²) in [5.74, 6) is 0. The van der Waals surface area contributed by atoms with Gasteiger partial charge in [0, 0.05) is 6.42 Å². The second kappa shape index (κ2) is 2.12. The molecule has 1 heterocycles. The molecular formula is C10H16O2. The Balaban J connectivity index is 2.10. The van der Waals surface area contributed by atoms with Gasteiger partial charge >= 0.3 is 0 Å². The van der Waals surface area contributed by atoms with Crippen molar-refractivity contribution in [3.05, 3.63) is 12.2 Å². The lowest BCUT2D eigenvalue weighted by Crippen LogP contribution is -2.38. The van der Waals surface area contributed by atoms with Crippen LogP contribution < -0.4 is 0 Å². The largest absolute Gasteiger partial charge is 0.385 e. The van der Waals surface area contributed by atoms with Gasteiger partial charge in [0.2, 0.25) is 0 Å². The Morgan fingerprint density at radius 2 is 2.25 bits per heavy atom. The number of aliphatic hydroxyl groups is 1. The van der Waals surface area contributed by atoms with Crippen molar-refractivity contribution in [2.24, 2.45) is 0 Å². The summed E-state index contributed by atoms with van der Waals surface area (Å²) < 4.78 is 5.51. The standard InChI is InChI=1S/C10H16O2/c1-7(2)10(11)5-4-9(3)8(6-10)12-9/h8,11H,1,4-6H2,2-3H3/t8-,9+,10+/m1/s1. The summed E-state index contributed by atoms with van der Waals surface area (Å²) in [4.78, 5) is 0. The van der Waals surface area contributed by atoms with Crippen molar-refractivity contribution >= 4 is 0 Å². The van der Waals surface area contributed by atoms with Gasteiger partial charge < -0.3 is 9.84 Å². The highest BCUT2D eigenvalue weighted by atomic mass is 16.6. The summed E-state index contributed by atoms with van der Waals surface area (Å²) in [6.45, 7) is 7.84. The van der Waals surface area contributed by atoms with E-state index in [0.717, 1.165) is 24.8 Å². The van der Waals surface area contributed by atoms with Gasteiger partial charge in [0.05, 0.1) is 17.3 Å². The second-order valence-corrected chi connectivity index (χ2v) is 4.44. The minimum Gasteiger partial charge on any atom is -0.385 e. The highest BCUT2D eigenvalue weighted by Crippen LogP contribution is 2.51. The van der Waals surface area contributed by atoms with Gasteiger partial charge in [-0.25, -0.2) is 0 Å². The van der Waals surface area contributed by atoms with Gasteiger partial charge in [0.15, 0.2) is 0 Å². The molecule has 0 aromatic heterocycles. The predicted molar refractivity (Wildman–Crippen MR) is 46.9 cm³/mol. The first-order chi connectivity index (χ1) is 5.46. The fourth-order valence-electron chi connectivity index (χ4n) is 2.02. The number of hydrogen-bond donors (Lipinski definition) is 1. The molecule has 0 bridgehead atoms. The van der Waals surface area contributed by atoms with Gasteiger partial charge in [-0.3, -0.25) is 0 Å².